The van der Waals surface area contributed by atoms with E-state index in [0.29, 0.717) is 0 Å². The van der Waals surface area contributed by atoms with Gasteiger partial charge in [0.25, 0.3) is 5.91 Å². The highest BCUT2D eigenvalue weighted by atomic mass is 16.5. The second-order valence-corrected chi connectivity index (χ2v) is 4.37. The Balaban J connectivity index is 2.11. The van der Waals surface area contributed by atoms with Gasteiger partial charge < -0.3 is 4.74 Å². The highest BCUT2D eigenvalue weighted by Gasteiger charge is 2.24. The highest BCUT2D eigenvalue weighted by Crippen LogP contribution is 2.33. The lowest BCUT2D eigenvalue weighted by Gasteiger charge is -2.27. The van der Waals surface area contributed by atoms with E-state index in [1.807, 2.05) is 12.1 Å². The molecule has 92 valence electrons. The normalized spacial score (nSPS) is 20.5. The SMILES string of the molecule is CC(OC1CCCc2ccccc21)C(=O)NN. The smallest absolute Gasteiger partial charge is 0.262 e. The molecule has 2 rings (SSSR count). The molecule has 1 aliphatic carbocycles. The lowest BCUT2D eigenvalue weighted by molar-refractivity contribution is -0.136. The molecule has 0 saturated heterocycles. The molecule has 1 aromatic carbocycles. The zero-order valence-corrected chi connectivity index (χ0v) is 9.98. The van der Waals surface area contributed by atoms with E-state index in [1.165, 1.54) is 11.1 Å². The van der Waals surface area contributed by atoms with Crippen LogP contribution in [-0.4, -0.2) is 12.0 Å². The third-order valence-electron chi connectivity index (χ3n) is 3.19. The molecule has 0 heterocycles. The predicted molar refractivity (Wildman–Crippen MR) is 65.0 cm³/mol. The first-order valence-corrected chi connectivity index (χ1v) is 5.96. The number of ether oxygens (including phenoxy) is 1. The zero-order chi connectivity index (χ0) is 12.3. The van der Waals surface area contributed by atoms with Crippen LogP contribution in [0.2, 0.25) is 0 Å². The summed E-state index contributed by atoms with van der Waals surface area (Å²) in [6.07, 6.45) is 2.63. The van der Waals surface area contributed by atoms with Crippen molar-refractivity contribution in [3.8, 4) is 0 Å². The van der Waals surface area contributed by atoms with Gasteiger partial charge in [0.1, 0.15) is 6.10 Å². The zero-order valence-electron chi connectivity index (χ0n) is 9.98. The van der Waals surface area contributed by atoms with Gasteiger partial charge in [-0.05, 0) is 37.3 Å². The van der Waals surface area contributed by atoms with Gasteiger partial charge in [-0.15, -0.1) is 0 Å². The summed E-state index contributed by atoms with van der Waals surface area (Å²) in [5.74, 6) is 4.81. The van der Waals surface area contributed by atoms with Crippen molar-refractivity contribution in [1.82, 2.24) is 5.43 Å². The number of hydrazine groups is 1. The maximum atomic E-state index is 11.3. The van der Waals surface area contributed by atoms with Crippen LogP contribution in [0, 0.1) is 0 Å². The van der Waals surface area contributed by atoms with Crippen LogP contribution in [-0.2, 0) is 16.0 Å². The number of fused-ring (bicyclic) bond motifs is 1. The number of nitrogens with two attached hydrogens (primary N) is 1. The fourth-order valence-electron chi connectivity index (χ4n) is 2.28. The van der Waals surface area contributed by atoms with Crippen LogP contribution >= 0.6 is 0 Å². The fourth-order valence-corrected chi connectivity index (χ4v) is 2.28. The van der Waals surface area contributed by atoms with E-state index in [2.05, 4.69) is 17.6 Å². The van der Waals surface area contributed by atoms with Gasteiger partial charge in [0.05, 0.1) is 6.10 Å². The van der Waals surface area contributed by atoms with Crippen molar-refractivity contribution >= 4 is 5.91 Å². The Labute approximate surface area is 101 Å². The Morgan fingerprint density at radius 1 is 1.53 bits per heavy atom. The van der Waals surface area contributed by atoms with E-state index in [1.54, 1.807) is 6.92 Å². The number of amides is 1. The van der Waals surface area contributed by atoms with E-state index < -0.39 is 6.10 Å². The average Bonchev–Trinajstić information content (AvgIpc) is 2.38. The number of carbonyl (C=O) groups excluding carboxylic acids is 1. The maximum absolute atomic E-state index is 11.3. The average molecular weight is 234 g/mol. The Morgan fingerprint density at radius 2 is 2.29 bits per heavy atom. The first-order chi connectivity index (χ1) is 8.22. The number of hydrogen-bond acceptors (Lipinski definition) is 3. The summed E-state index contributed by atoms with van der Waals surface area (Å²) in [5.41, 5.74) is 4.64. The molecule has 0 aromatic heterocycles. The Hall–Kier alpha value is -1.39. The molecular weight excluding hydrogens is 216 g/mol. The van der Waals surface area contributed by atoms with Gasteiger partial charge in [-0.2, -0.15) is 0 Å². The number of rotatable bonds is 3. The summed E-state index contributed by atoms with van der Waals surface area (Å²) >= 11 is 0. The van der Waals surface area contributed by atoms with Crippen molar-refractivity contribution in [2.75, 3.05) is 0 Å². The molecular formula is C13H18N2O2. The summed E-state index contributed by atoms with van der Waals surface area (Å²) in [7, 11) is 0. The monoisotopic (exact) mass is 234 g/mol. The molecule has 3 N–H and O–H groups in total. The van der Waals surface area contributed by atoms with Gasteiger partial charge in [-0.25, -0.2) is 5.84 Å². The van der Waals surface area contributed by atoms with Crippen molar-refractivity contribution < 1.29 is 9.53 Å². The molecule has 4 heteroatoms. The molecule has 0 bridgehead atoms. The number of benzene rings is 1. The first-order valence-electron chi connectivity index (χ1n) is 5.96. The molecule has 2 atom stereocenters. The van der Waals surface area contributed by atoms with Crippen LogP contribution in [0.25, 0.3) is 0 Å². The number of aryl methyl sites for hydroxylation is 1. The number of hydrogen-bond donors (Lipinski definition) is 2. The van der Waals surface area contributed by atoms with E-state index in [-0.39, 0.29) is 12.0 Å². The van der Waals surface area contributed by atoms with Crippen molar-refractivity contribution in [1.29, 1.82) is 0 Å². The van der Waals surface area contributed by atoms with E-state index in [9.17, 15) is 4.79 Å². The van der Waals surface area contributed by atoms with Gasteiger partial charge in [0.15, 0.2) is 0 Å². The minimum Gasteiger partial charge on any atom is -0.361 e. The minimum atomic E-state index is -0.517. The van der Waals surface area contributed by atoms with Crippen LogP contribution in [0.1, 0.15) is 37.0 Å². The van der Waals surface area contributed by atoms with E-state index >= 15 is 0 Å². The van der Waals surface area contributed by atoms with Crippen LogP contribution in [0.15, 0.2) is 24.3 Å². The predicted octanol–water partition coefficient (Wildman–Crippen LogP) is 1.46. The Morgan fingerprint density at radius 3 is 3.06 bits per heavy atom. The standard InChI is InChI=1S/C13H18N2O2/c1-9(13(16)15-14)17-12-8-4-6-10-5-2-3-7-11(10)12/h2-3,5,7,9,12H,4,6,8,14H2,1H3,(H,15,16). The fraction of sp³-hybridized carbons (Fsp3) is 0.462. The summed E-state index contributed by atoms with van der Waals surface area (Å²) in [5, 5.41) is 0. The van der Waals surface area contributed by atoms with Crippen molar-refractivity contribution in [2.24, 2.45) is 5.84 Å². The lowest BCUT2D eigenvalue weighted by Crippen LogP contribution is -2.39. The molecule has 1 amide bonds. The number of nitrogens with one attached hydrogen (secondary N) is 1. The molecule has 0 aliphatic heterocycles. The highest BCUT2D eigenvalue weighted by molar-refractivity contribution is 5.79. The third kappa shape index (κ3) is 2.65. The third-order valence-corrected chi connectivity index (χ3v) is 3.19. The Bertz CT molecular complexity index is 406. The second-order valence-electron chi connectivity index (χ2n) is 4.37. The van der Waals surface area contributed by atoms with Gasteiger partial charge in [-0.3, -0.25) is 10.2 Å². The summed E-state index contributed by atoms with van der Waals surface area (Å²) in [4.78, 5) is 11.3. The first kappa shape index (κ1) is 12.1. The van der Waals surface area contributed by atoms with E-state index in [0.717, 1.165) is 19.3 Å². The molecule has 1 aromatic rings. The lowest BCUT2D eigenvalue weighted by atomic mass is 9.89. The maximum Gasteiger partial charge on any atom is 0.262 e. The van der Waals surface area contributed by atoms with Crippen LogP contribution in [0.4, 0.5) is 0 Å². The molecule has 17 heavy (non-hydrogen) atoms. The largest absolute Gasteiger partial charge is 0.361 e. The van der Waals surface area contributed by atoms with Gasteiger partial charge in [0, 0.05) is 0 Å². The molecule has 0 spiro atoms. The molecule has 4 nitrogen and oxygen atoms in total. The topological polar surface area (TPSA) is 64.3 Å². The quantitative estimate of drug-likeness (QED) is 0.473. The van der Waals surface area contributed by atoms with Gasteiger partial charge in [-0.1, -0.05) is 24.3 Å². The van der Waals surface area contributed by atoms with Crippen LogP contribution in [0.5, 0.6) is 0 Å². The van der Waals surface area contributed by atoms with Crippen molar-refractivity contribution in [3.63, 3.8) is 0 Å². The molecule has 0 radical (unpaired) electrons. The van der Waals surface area contributed by atoms with Crippen molar-refractivity contribution in [2.45, 2.75) is 38.4 Å². The molecule has 1 aliphatic rings. The van der Waals surface area contributed by atoms with Crippen molar-refractivity contribution in [3.05, 3.63) is 35.4 Å². The minimum absolute atomic E-state index is 0.00671. The summed E-state index contributed by atoms with van der Waals surface area (Å²) in [6, 6.07) is 8.25. The van der Waals surface area contributed by atoms with Crippen LogP contribution in [0.3, 0.4) is 0 Å². The molecule has 2 unspecified atom stereocenters. The number of carbonyl (C=O) groups is 1. The Kier molecular flexibility index (Phi) is 3.76. The van der Waals surface area contributed by atoms with Crippen LogP contribution < -0.4 is 11.3 Å². The second kappa shape index (κ2) is 5.29. The molecule has 0 saturated carbocycles. The van der Waals surface area contributed by atoms with Gasteiger partial charge >= 0.3 is 0 Å². The van der Waals surface area contributed by atoms with E-state index in [4.69, 9.17) is 10.6 Å². The summed E-state index contributed by atoms with van der Waals surface area (Å²) < 4.78 is 5.78. The molecule has 0 fully saturated rings. The van der Waals surface area contributed by atoms with Gasteiger partial charge in [0.2, 0.25) is 0 Å². The summed E-state index contributed by atoms with van der Waals surface area (Å²) in [6.45, 7) is 1.72.